The van der Waals surface area contributed by atoms with Crippen LogP contribution in [0.3, 0.4) is 0 Å². The molecule has 0 spiro atoms. The Morgan fingerprint density at radius 3 is 2.39 bits per heavy atom. The first-order valence-corrected chi connectivity index (χ1v) is 9.22. The Labute approximate surface area is 141 Å². The fraction of sp³-hybridized carbons (Fsp3) is 0.250. The van der Waals surface area contributed by atoms with Crippen molar-refractivity contribution in [3.05, 3.63) is 71.9 Å². The second-order valence-electron chi connectivity index (χ2n) is 5.87. The lowest BCUT2D eigenvalue weighted by molar-refractivity contribution is 0.852. The third kappa shape index (κ3) is 3.06. The summed E-state index contributed by atoms with van der Waals surface area (Å²) in [7, 11) is 0. The topological polar surface area (TPSA) is 15.6 Å². The van der Waals surface area contributed by atoms with Crippen LogP contribution in [0.2, 0.25) is 0 Å². The van der Waals surface area contributed by atoms with E-state index in [9.17, 15) is 0 Å². The van der Waals surface area contributed by atoms with Crippen LogP contribution in [0.15, 0.2) is 76.9 Å². The quantitative estimate of drug-likeness (QED) is 0.735. The molecule has 0 saturated heterocycles. The monoisotopic (exact) mass is 320 g/mol. The van der Waals surface area contributed by atoms with E-state index in [4.69, 9.17) is 4.99 Å². The van der Waals surface area contributed by atoms with E-state index < -0.39 is 0 Å². The first-order chi connectivity index (χ1) is 11.4. The van der Waals surface area contributed by atoms with Crippen LogP contribution < -0.4 is 4.90 Å². The summed E-state index contributed by atoms with van der Waals surface area (Å²) in [5.74, 6) is 1.08. The maximum atomic E-state index is 4.94. The highest BCUT2D eigenvalue weighted by Gasteiger charge is 2.27. The predicted molar refractivity (Wildman–Crippen MR) is 101 cm³/mol. The van der Waals surface area contributed by atoms with Crippen LogP contribution in [0.4, 0.5) is 11.4 Å². The number of nitrogens with zero attached hydrogens (tertiary/aromatic N) is 2. The molecule has 0 aromatic heterocycles. The number of allylic oxidation sites excluding steroid dienone is 1. The molecule has 0 N–H and O–H groups in total. The Kier molecular flexibility index (Phi) is 4.20. The highest BCUT2D eigenvalue weighted by Crippen LogP contribution is 2.38. The molecule has 0 saturated carbocycles. The van der Waals surface area contributed by atoms with Crippen LogP contribution in [0.5, 0.6) is 0 Å². The SMILES string of the molecule is c1ccc(N=C2SCCN(c3ccccc3)C3=C2CCC3)cc1. The van der Waals surface area contributed by atoms with E-state index in [0.29, 0.717) is 0 Å². The lowest BCUT2D eigenvalue weighted by atomic mass is 10.2. The largest absolute Gasteiger partial charge is 0.344 e. The number of hydrogen-bond donors (Lipinski definition) is 0. The zero-order chi connectivity index (χ0) is 15.5. The normalized spacial score (nSPS) is 19.8. The van der Waals surface area contributed by atoms with Gasteiger partial charge in [0.25, 0.3) is 0 Å². The van der Waals surface area contributed by atoms with Gasteiger partial charge in [-0.1, -0.05) is 36.4 Å². The molecule has 0 atom stereocenters. The molecule has 4 rings (SSSR count). The zero-order valence-corrected chi connectivity index (χ0v) is 13.9. The van der Waals surface area contributed by atoms with E-state index in [-0.39, 0.29) is 0 Å². The van der Waals surface area contributed by atoms with Crippen molar-refractivity contribution in [2.45, 2.75) is 19.3 Å². The molecule has 2 nitrogen and oxygen atoms in total. The van der Waals surface area contributed by atoms with Crippen LogP contribution in [0.1, 0.15) is 19.3 Å². The molecule has 3 heteroatoms. The Bertz CT molecular complexity index is 735. The first kappa shape index (κ1) is 14.6. The molecule has 0 amide bonds. The van der Waals surface area contributed by atoms with Crippen LogP contribution in [0, 0.1) is 0 Å². The van der Waals surface area contributed by atoms with Crippen molar-refractivity contribution in [1.82, 2.24) is 0 Å². The van der Waals surface area contributed by atoms with E-state index in [1.165, 1.54) is 34.8 Å². The summed E-state index contributed by atoms with van der Waals surface area (Å²) in [6, 6.07) is 21.1. The average molecular weight is 320 g/mol. The van der Waals surface area contributed by atoms with E-state index >= 15 is 0 Å². The molecule has 1 aliphatic carbocycles. The molecule has 2 aliphatic rings. The van der Waals surface area contributed by atoms with E-state index in [2.05, 4.69) is 59.5 Å². The molecule has 0 unspecified atom stereocenters. The number of hydrogen-bond acceptors (Lipinski definition) is 3. The van der Waals surface area contributed by atoms with Gasteiger partial charge in [0.2, 0.25) is 0 Å². The van der Waals surface area contributed by atoms with Gasteiger partial charge in [-0.25, -0.2) is 4.99 Å². The molecule has 0 bridgehead atoms. The number of benzene rings is 2. The van der Waals surface area contributed by atoms with Gasteiger partial charge in [-0.2, -0.15) is 0 Å². The fourth-order valence-corrected chi connectivity index (χ4v) is 4.36. The molecule has 1 heterocycles. The molecular weight excluding hydrogens is 300 g/mol. The number of rotatable bonds is 2. The molecule has 116 valence electrons. The minimum Gasteiger partial charge on any atom is -0.344 e. The molecule has 1 aliphatic heterocycles. The second-order valence-corrected chi connectivity index (χ2v) is 6.95. The van der Waals surface area contributed by atoms with Gasteiger partial charge in [0.15, 0.2) is 0 Å². The van der Waals surface area contributed by atoms with E-state index in [1.807, 2.05) is 17.8 Å². The molecule has 0 fully saturated rings. The number of para-hydroxylation sites is 2. The van der Waals surface area contributed by atoms with Crippen LogP contribution in [-0.4, -0.2) is 17.3 Å². The van der Waals surface area contributed by atoms with Crippen LogP contribution in [-0.2, 0) is 0 Å². The van der Waals surface area contributed by atoms with Crippen molar-refractivity contribution in [3.63, 3.8) is 0 Å². The fourth-order valence-electron chi connectivity index (χ4n) is 3.32. The van der Waals surface area contributed by atoms with Gasteiger partial charge in [0.05, 0.1) is 5.69 Å². The summed E-state index contributed by atoms with van der Waals surface area (Å²) < 4.78 is 0. The number of aliphatic imine (C=N–C) groups is 1. The summed E-state index contributed by atoms with van der Waals surface area (Å²) in [6.07, 6.45) is 3.55. The highest BCUT2D eigenvalue weighted by atomic mass is 32.2. The Morgan fingerprint density at radius 2 is 1.61 bits per heavy atom. The summed E-state index contributed by atoms with van der Waals surface area (Å²) in [5, 5.41) is 1.22. The van der Waals surface area contributed by atoms with Crippen molar-refractivity contribution in [2.24, 2.45) is 4.99 Å². The van der Waals surface area contributed by atoms with E-state index in [1.54, 1.807) is 0 Å². The third-order valence-corrected chi connectivity index (χ3v) is 5.38. The lowest BCUT2D eigenvalue weighted by Gasteiger charge is -2.25. The van der Waals surface area contributed by atoms with Crippen molar-refractivity contribution >= 4 is 28.2 Å². The van der Waals surface area contributed by atoms with Gasteiger partial charge >= 0.3 is 0 Å². The summed E-state index contributed by atoms with van der Waals surface area (Å²) >= 11 is 1.90. The third-order valence-electron chi connectivity index (χ3n) is 4.38. The molecule has 0 radical (unpaired) electrons. The zero-order valence-electron chi connectivity index (χ0n) is 13.1. The minimum atomic E-state index is 1.06. The van der Waals surface area contributed by atoms with Gasteiger partial charge in [-0.05, 0) is 43.5 Å². The average Bonchev–Trinajstić information content (AvgIpc) is 3.02. The summed E-state index contributed by atoms with van der Waals surface area (Å²) in [6.45, 7) is 1.06. The predicted octanol–water partition coefficient (Wildman–Crippen LogP) is 5.41. The molecule has 2 aromatic rings. The van der Waals surface area contributed by atoms with Gasteiger partial charge in [-0.15, -0.1) is 11.8 Å². The number of anilines is 1. The smallest absolute Gasteiger partial charge is 0.102 e. The summed E-state index contributed by atoms with van der Waals surface area (Å²) in [5.41, 5.74) is 5.31. The first-order valence-electron chi connectivity index (χ1n) is 8.23. The summed E-state index contributed by atoms with van der Waals surface area (Å²) in [4.78, 5) is 7.45. The van der Waals surface area contributed by atoms with Crippen molar-refractivity contribution in [2.75, 3.05) is 17.2 Å². The maximum absolute atomic E-state index is 4.94. The lowest BCUT2D eigenvalue weighted by Crippen LogP contribution is -2.23. The van der Waals surface area contributed by atoms with Gasteiger partial charge in [0, 0.05) is 29.3 Å². The highest BCUT2D eigenvalue weighted by molar-refractivity contribution is 8.14. The number of thioether (sulfide) groups is 1. The standard InChI is InChI=1S/C20H20N2S/c1-3-8-16(9-4-1)21-20-18-12-7-13-19(18)22(14-15-23-20)17-10-5-2-6-11-17/h1-6,8-11H,7,12-15H2. The van der Waals surface area contributed by atoms with Gasteiger partial charge in [0.1, 0.15) is 5.04 Å². The van der Waals surface area contributed by atoms with E-state index in [0.717, 1.165) is 24.4 Å². The Hall–Kier alpha value is -2.00. The minimum absolute atomic E-state index is 1.06. The van der Waals surface area contributed by atoms with Gasteiger partial charge < -0.3 is 4.90 Å². The molecule has 2 aromatic carbocycles. The van der Waals surface area contributed by atoms with Crippen LogP contribution >= 0.6 is 11.8 Å². The second kappa shape index (κ2) is 6.63. The van der Waals surface area contributed by atoms with Gasteiger partial charge in [-0.3, -0.25) is 0 Å². The van der Waals surface area contributed by atoms with Crippen LogP contribution in [0.25, 0.3) is 0 Å². The molecule has 23 heavy (non-hydrogen) atoms. The van der Waals surface area contributed by atoms with Crippen molar-refractivity contribution in [1.29, 1.82) is 0 Å². The van der Waals surface area contributed by atoms with Crippen molar-refractivity contribution in [3.8, 4) is 0 Å². The Balaban J connectivity index is 1.74. The van der Waals surface area contributed by atoms with Crippen molar-refractivity contribution < 1.29 is 0 Å². The Morgan fingerprint density at radius 1 is 0.870 bits per heavy atom. The maximum Gasteiger partial charge on any atom is 0.102 e. The molecular formula is C20H20N2S.